The summed E-state index contributed by atoms with van der Waals surface area (Å²) in [7, 11) is 0. The van der Waals surface area contributed by atoms with Crippen molar-refractivity contribution in [2.24, 2.45) is 11.8 Å². The number of nitrogens with one attached hydrogen (secondary N) is 2. The number of rotatable bonds is 7. The molecule has 1 aromatic carbocycles. The molecule has 1 unspecified atom stereocenters. The molecule has 29 heavy (non-hydrogen) atoms. The fourth-order valence-electron chi connectivity index (χ4n) is 4.53. The molecule has 2 atom stereocenters. The van der Waals surface area contributed by atoms with E-state index < -0.39 is 5.97 Å². The van der Waals surface area contributed by atoms with Crippen LogP contribution in [0.15, 0.2) is 48.1 Å². The summed E-state index contributed by atoms with van der Waals surface area (Å²) >= 11 is 0. The van der Waals surface area contributed by atoms with Gasteiger partial charge in [-0.25, -0.2) is 4.79 Å². The number of hydrogen-bond donors (Lipinski definition) is 3. The Morgan fingerprint density at radius 3 is 2.79 bits per heavy atom. The van der Waals surface area contributed by atoms with Crippen LogP contribution in [0.1, 0.15) is 36.0 Å². The van der Waals surface area contributed by atoms with Crippen LogP contribution < -0.4 is 5.32 Å². The minimum absolute atomic E-state index is 0.107. The van der Waals surface area contributed by atoms with E-state index in [9.17, 15) is 9.90 Å². The first-order chi connectivity index (χ1) is 14.1. The minimum Gasteiger partial charge on any atom is -0.478 e. The van der Waals surface area contributed by atoms with E-state index in [1.165, 1.54) is 0 Å². The number of aromatic carboxylic acids is 1. The van der Waals surface area contributed by atoms with Crippen LogP contribution in [-0.4, -0.2) is 54.2 Å². The van der Waals surface area contributed by atoms with Crippen molar-refractivity contribution in [2.75, 3.05) is 31.5 Å². The van der Waals surface area contributed by atoms with E-state index in [1.54, 1.807) is 18.2 Å². The Hall–Kier alpha value is -2.60. The van der Waals surface area contributed by atoms with Gasteiger partial charge in [0.1, 0.15) is 6.10 Å². The van der Waals surface area contributed by atoms with Crippen molar-refractivity contribution in [3.63, 3.8) is 0 Å². The van der Waals surface area contributed by atoms with Crippen molar-refractivity contribution in [3.8, 4) is 0 Å². The molecule has 1 aliphatic carbocycles. The van der Waals surface area contributed by atoms with E-state index in [-0.39, 0.29) is 17.6 Å². The predicted molar refractivity (Wildman–Crippen MR) is 114 cm³/mol. The Labute approximate surface area is 171 Å². The Bertz CT molecular complexity index is 824. The Balaban J connectivity index is 1.45. The molecule has 1 aromatic rings. The quantitative estimate of drug-likeness (QED) is 0.483. The molecule has 6 heteroatoms. The first kappa shape index (κ1) is 19.7. The standard InChI is InChI=1S/C23H29N3O3/c24-22(29-21-15-26-11-9-17(21)10-12-26)20(16-5-2-1-3-6-16)14-25-19-8-4-7-18(13-19)23(27)28/h2,4-8,13,17,20-21,24-25H,1,3,9-12,14-15H2,(H,27,28)/t20?,21-/m0/s1. The topological polar surface area (TPSA) is 85.7 Å². The van der Waals surface area contributed by atoms with Gasteiger partial charge < -0.3 is 15.2 Å². The lowest BCUT2D eigenvalue weighted by molar-refractivity contribution is -0.0178. The highest BCUT2D eigenvalue weighted by atomic mass is 16.5. The number of carbonyl (C=O) groups is 1. The zero-order valence-corrected chi connectivity index (χ0v) is 16.6. The van der Waals surface area contributed by atoms with Gasteiger partial charge in [-0.3, -0.25) is 10.3 Å². The largest absolute Gasteiger partial charge is 0.478 e. The summed E-state index contributed by atoms with van der Waals surface area (Å²) in [4.78, 5) is 13.7. The van der Waals surface area contributed by atoms with Crippen molar-refractivity contribution in [3.05, 3.63) is 53.6 Å². The maximum atomic E-state index is 11.2. The van der Waals surface area contributed by atoms with E-state index in [0.717, 1.165) is 56.6 Å². The van der Waals surface area contributed by atoms with Crippen LogP contribution in [-0.2, 0) is 4.74 Å². The second-order valence-corrected chi connectivity index (χ2v) is 8.16. The Kier molecular flexibility index (Phi) is 6.00. The van der Waals surface area contributed by atoms with Crippen molar-refractivity contribution >= 4 is 17.6 Å². The monoisotopic (exact) mass is 395 g/mol. The number of ether oxygens (including phenoxy) is 1. The number of hydrogen-bond acceptors (Lipinski definition) is 5. The minimum atomic E-state index is -0.943. The van der Waals surface area contributed by atoms with Crippen molar-refractivity contribution < 1.29 is 14.6 Å². The van der Waals surface area contributed by atoms with E-state index in [0.29, 0.717) is 18.4 Å². The van der Waals surface area contributed by atoms with Crippen LogP contribution in [0.25, 0.3) is 0 Å². The summed E-state index contributed by atoms with van der Waals surface area (Å²) in [6, 6.07) is 6.79. The first-order valence-electron chi connectivity index (χ1n) is 10.5. The lowest BCUT2D eigenvalue weighted by Gasteiger charge is -2.44. The summed E-state index contributed by atoms with van der Waals surface area (Å²) in [6.07, 6.45) is 10.9. The fourth-order valence-corrected chi connectivity index (χ4v) is 4.53. The number of anilines is 1. The highest BCUT2D eigenvalue weighted by molar-refractivity contribution is 5.88. The lowest BCUT2D eigenvalue weighted by Crippen LogP contribution is -2.52. The molecule has 3 heterocycles. The maximum absolute atomic E-state index is 11.2. The number of nitrogens with zero attached hydrogens (tertiary/aromatic N) is 1. The lowest BCUT2D eigenvalue weighted by atomic mass is 9.85. The van der Waals surface area contributed by atoms with Crippen molar-refractivity contribution in [2.45, 2.75) is 31.8 Å². The predicted octanol–water partition coefficient (Wildman–Crippen LogP) is 3.78. The van der Waals surface area contributed by atoms with E-state index >= 15 is 0 Å². The van der Waals surface area contributed by atoms with Gasteiger partial charge in [0.15, 0.2) is 5.90 Å². The van der Waals surface area contributed by atoms with Crippen LogP contribution in [0.5, 0.6) is 0 Å². The summed E-state index contributed by atoms with van der Waals surface area (Å²) in [6.45, 7) is 3.72. The Morgan fingerprint density at radius 2 is 2.14 bits per heavy atom. The molecule has 0 amide bonds. The number of fused-ring (bicyclic) bond motifs is 3. The van der Waals surface area contributed by atoms with Gasteiger partial charge in [-0.2, -0.15) is 0 Å². The number of carboxylic acids is 1. The molecule has 6 nitrogen and oxygen atoms in total. The summed E-state index contributed by atoms with van der Waals surface area (Å²) in [5.74, 6) is -0.266. The van der Waals surface area contributed by atoms with E-state index in [4.69, 9.17) is 10.1 Å². The zero-order chi connectivity index (χ0) is 20.2. The molecule has 0 spiro atoms. The maximum Gasteiger partial charge on any atom is 0.335 e. The summed E-state index contributed by atoms with van der Waals surface area (Å²) in [5, 5.41) is 21.3. The third-order valence-corrected chi connectivity index (χ3v) is 6.24. The number of benzene rings is 1. The molecule has 4 aliphatic rings. The van der Waals surface area contributed by atoms with Gasteiger partial charge in [0, 0.05) is 18.8 Å². The van der Waals surface area contributed by atoms with Gasteiger partial charge in [-0.1, -0.05) is 24.3 Å². The third kappa shape index (κ3) is 4.70. The van der Waals surface area contributed by atoms with E-state index in [1.807, 2.05) is 6.07 Å². The molecule has 154 valence electrons. The SMILES string of the molecule is N=C(O[C@H]1CN2CCC1CC2)C(CNc1cccc(C(=O)O)c1)C1=CCCC=C1. The van der Waals surface area contributed by atoms with Gasteiger partial charge in [0.2, 0.25) is 0 Å². The molecule has 3 saturated heterocycles. The van der Waals surface area contributed by atoms with Gasteiger partial charge in [0.05, 0.1) is 11.5 Å². The molecule has 3 N–H and O–H groups in total. The first-order valence-corrected chi connectivity index (χ1v) is 10.5. The molecular weight excluding hydrogens is 366 g/mol. The smallest absolute Gasteiger partial charge is 0.335 e. The van der Waals surface area contributed by atoms with Crippen LogP contribution >= 0.6 is 0 Å². The van der Waals surface area contributed by atoms with Crippen LogP contribution in [0, 0.1) is 17.2 Å². The molecule has 0 radical (unpaired) electrons. The van der Waals surface area contributed by atoms with Gasteiger partial charge in [-0.05, 0) is 68.5 Å². The molecule has 0 saturated carbocycles. The van der Waals surface area contributed by atoms with Crippen LogP contribution in [0.3, 0.4) is 0 Å². The summed E-state index contributed by atoms with van der Waals surface area (Å²) in [5.41, 5.74) is 2.09. The second-order valence-electron chi connectivity index (χ2n) is 8.16. The van der Waals surface area contributed by atoms with Crippen LogP contribution in [0.2, 0.25) is 0 Å². The highest BCUT2D eigenvalue weighted by Gasteiger charge is 2.37. The van der Waals surface area contributed by atoms with Gasteiger partial charge >= 0.3 is 5.97 Å². The fraction of sp³-hybridized carbons (Fsp3) is 0.478. The molecule has 5 rings (SSSR count). The van der Waals surface area contributed by atoms with E-state index in [2.05, 4.69) is 28.4 Å². The molecular formula is C23H29N3O3. The highest BCUT2D eigenvalue weighted by Crippen LogP contribution is 2.31. The van der Waals surface area contributed by atoms with Crippen molar-refractivity contribution in [1.82, 2.24) is 4.90 Å². The average molecular weight is 396 g/mol. The zero-order valence-electron chi connectivity index (χ0n) is 16.6. The molecule has 2 bridgehead atoms. The second kappa shape index (κ2) is 8.82. The van der Waals surface area contributed by atoms with Crippen molar-refractivity contribution in [1.29, 1.82) is 5.41 Å². The van der Waals surface area contributed by atoms with Gasteiger partial charge in [0.25, 0.3) is 0 Å². The summed E-state index contributed by atoms with van der Waals surface area (Å²) < 4.78 is 6.22. The molecule has 3 fully saturated rings. The third-order valence-electron chi connectivity index (χ3n) is 6.24. The molecule has 0 aromatic heterocycles. The number of allylic oxidation sites excluding steroid dienone is 3. The van der Waals surface area contributed by atoms with Crippen LogP contribution in [0.4, 0.5) is 5.69 Å². The molecule has 3 aliphatic heterocycles. The number of piperidine rings is 3. The normalized spacial score (nSPS) is 26.5. The Morgan fingerprint density at radius 1 is 1.31 bits per heavy atom. The average Bonchev–Trinajstić information content (AvgIpc) is 2.76. The number of carboxylic acid groups (broad SMARTS) is 1. The van der Waals surface area contributed by atoms with Gasteiger partial charge in [-0.15, -0.1) is 0 Å².